The first-order valence-corrected chi connectivity index (χ1v) is 92.0. The smallest absolute Gasteiger partial charge is 0.462 e. The molecule has 2 N–H and O–H groups in total. The van der Waals surface area contributed by atoms with Crippen LogP contribution in [0.15, 0.2) is 49.1 Å². The van der Waals surface area contributed by atoms with Gasteiger partial charge in [0.15, 0.2) is 25.0 Å². The van der Waals surface area contributed by atoms with Gasteiger partial charge in [0.05, 0.1) is 19.8 Å². The summed E-state index contributed by atoms with van der Waals surface area (Å²) in [4.78, 5) is 43.7. The molecule has 2 rings (SSSR count). The normalized spacial score (nSPS) is 18.3. The van der Waals surface area contributed by atoms with Crippen LogP contribution in [0.5, 0.6) is 0 Å². The fraction of sp³-hybridized carbons (Fsp3) is 0.861. The Balaban J connectivity index is -0.000000225. The van der Waals surface area contributed by atoms with E-state index in [4.69, 9.17) is 135 Å². The van der Waals surface area contributed by atoms with E-state index in [1.807, 2.05) is 38.8 Å². The van der Waals surface area contributed by atoms with Crippen molar-refractivity contribution in [3.05, 3.63) is 49.1 Å². The molecule has 46 heteroatoms. The maximum atomic E-state index is 11.6. The van der Waals surface area contributed by atoms with Crippen molar-refractivity contribution in [1.82, 2.24) is 0 Å². The van der Waals surface area contributed by atoms with Gasteiger partial charge in [0, 0.05) is 37.8 Å². The minimum atomic E-state index is -5.84. The molecule has 0 bridgehead atoms. The molecule has 1 atom stereocenters. The van der Waals surface area contributed by atoms with E-state index in [0.717, 1.165) is 107 Å². The first kappa shape index (κ1) is 143. The molecule has 20 nitrogen and oxygen atoms in total. The van der Waals surface area contributed by atoms with E-state index in [1.165, 1.54) is 0 Å². The molecule has 0 aromatic rings. The Morgan fingerprint density at radius 3 is 0.928 bits per heavy atom. The van der Waals surface area contributed by atoms with E-state index in [0.29, 0.717) is 58.2 Å². The molecule has 2 fully saturated rings. The van der Waals surface area contributed by atoms with Crippen LogP contribution < -0.4 is 0 Å². The molecule has 0 radical (unpaired) electrons. The van der Waals surface area contributed by atoms with Crippen LogP contribution in [0.4, 0.5) is 13.2 Å². The summed E-state index contributed by atoms with van der Waals surface area (Å²) >= 11 is 34.1. The minimum Gasteiger partial charge on any atom is -0.462 e. The second kappa shape index (κ2) is 61.0. The van der Waals surface area contributed by atoms with Gasteiger partial charge in [-0.1, -0.05) is 149 Å². The zero-order valence-electron chi connectivity index (χ0n) is 85.6. The Bertz CT molecular complexity index is 3090. The number of carbonyl (C=O) groups is 3. The van der Waals surface area contributed by atoms with Crippen molar-refractivity contribution in [2.24, 2.45) is 27.1 Å². The van der Waals surface area contributed by atoms with Gasteiger partial charge in [0.1, 0.15) is 0 Å². The summed E-state index contributed by atoms with van der Waals surface area (Å²) < 4.78 is 137. The molecule has 2 aliphatic rings. The van der Waals surface area contributed by atoms with Gasteiger partial charge in [-0.3, -0.25) is 4.55 Å². The Labute approximate surface area is 821 Å². The number of alkyl halides is 3. The van der Waals surface area contributed by atoms with Crippen molar-refractivity contribution in [3.8, 4) is 0 Å². The monoisotopic (exact) mass is 2360 g/mol. The van der Waals surface area contributed by atoms with E-state index < -0.39 is 139 Å². The Kier molecular flexibility index (Phi) is 69.6. The third-order valence-electron chi connectivity index (χ3n) is 16.2. The number of hydrogen-bond acceptors (Lipinski definition) is 19. The summed E-state index contributed by atoms with van der Waals surface area (Å²) in [6, 6.07) is 6.76. The number of ether oxygens (including phenoxy) is 3. The van der Waals surface area contributed by atoms with Gasteiger partial charge in [-0.15, -0.1) is 50.9 Å². The van der Waals surface area contributed by atoms with Crippen molar-refractivity contribution < 1.29 is 122 Å². The maximum Gasteiger partial charge on any atom is 0.522 e. The molecule has 754 valence electrons. The van der Waals surface area contributed by atoms with E-state index in [9.17, 15) is 32.4 Å². The quantitative estimate of drug-likeness (QED) is 0.00731. The van der Waals surface area contributed by atoms with E-state index in [1.54, 1.807) is 20.8 Å². The van der Waals surface area contributed by atoms with E-state index in [2.05, 4.69) is 255 Å². The van der Waals surface area contributed by atoms with Crippen molar-refractivity contribution >= 4 is 218 Å². The predicted molar refractivity (Wildman–Crippen MR) is 560 cm³/mol. The van der Waals surface area contributed by atoms with Gasteiger partial charge in [0.2, 0.25) is 20.8 Å². The predicted octanol–water partition coefficient (Wildman–Crippen LogP) is 28.4. The number of unbranched alkanes of at least 4 members (excludes halogenated alkanes) is 3. The van der Waals surface area contributed by atoms with Gasteiger partial charge in [-0.05, 0) is 292 Å². The SMILES string of the molecule is C=C(C)C(=O)OCCCC[Si](C)(C)O.C=C(C)C(=O)OCCCC[Si](C)(C)O[Si](C)(C)O[Si](C)(CCC(C)(C)C)O[Si](C)(C)CCCCOC(=O)C(=C)C.C=CC(C)(C)C.CC(C)(C)CC[Si](C)(Cl)Cl.CC(C)(C)CC[Si](C)(Cl)Cl.C[SiH](Cl)Cl.C[SiH]1O[Si](C)(C)O[Si](C)(CCC(C)(C)C)O[Si](C)(C)O1.C[Si]1(C)O[Si](C)(C)O[Si](C)(C)O1.O=S(=O)(O)C(F)(F)F.[Pt]. The van der Waals surface area contributed by atoms with Gasteiger partial charge in [0.25, 0.3) is 0 Å². The molecule has 0 aromatic carbocycles. The first-order chi connectivity index (χ1) is 54.1. The van der Waals surface area contributed by atoms with Gasteiger partial charge < -0.3 is 60.2 Å². The molecular formula is C79H179Cl6F3O20PtSSi15. The molecule has 1 unspecified atom stereocenters. The van der Waals surface area contributed by atoms with E-state index >= 15 is 0 Å². The average Bonchev–Trinajstić information content (AvgIpc) is 0.809. The van der Waals surface area contributed by atoms with E-state index in [-0.39, 0.29) is 44.4 Å². The zero-order chi connectivity index (χ0) is 101. The fourth-order valence-corrected chi connectivity index (χ4v) is 71.0. The topological polar surface area (TPSA) is 246 Å². The van der Waals surface area contributed by atoms with Crippen LogP contribution in [-0.2, 0) is 101 Å². The average molecular weight is 2370 g/mol. The molecular weight excluding hydrogens is 2190 g/mol. The summed E-state index contributed by atoms with van der Waals surface area (Å²) in [5.41, 5.74) is -2.70. The second-order valence-corrected chi connectivity index (χ2v) is 111. The number of rotatable bonds is 32. The Hall–Kier alpha value is 2.31. The van der Waals surface area contributed by atoms with Gasteiger partial charge in [-0.25, -0.2) is 14.4 Å². The minimum absolute atomic E-state index is 0. The van der Waals surface area contributed by atoms with Crippen LogP contribution in [0.2, 0.25) is 199 Å². The number of carbonyl (C=O) groups excluding carboxylic acids is 3. The second-order valence-electron chi connectivity index (χ2n) is 43.1. The third kappa shape index (κ3) is 101. The fourth-order valence-electron chi connectivity index (χ4n) is 11.1. The molecule has 0 amide bonds. The van der Waals surface area contributed by atoms with Crippen molar-refractivity contribution in [2.75, 3.05) is 19.8 Å². The van der Waals surface area contributed by atoms with Crippen molar-refractivity contribution in [2.45, 2.75) is 394 Å². The largest absolute Gasteiger partial charge is 0.522 e. The van der Waals surface area contributed by atoms with Crippen molar-refractivity contribution in [3.63, 3.8) is 0 Å². The van der Waals surface area contributed by atoms with Crippen LogP contribution in [0, 0.1) is 27.1 Å². The molecule has 0 saturated carbocycles. The Morgan fingerprint density at radius 2 is 0.712 bits per heavy atom. The molecule has 125 heavy (non-hydrogen) atoms. The van der Waals surface area contributed by atoms with Crippen LogP contribution in [0.25, 0.3) is 0 Å². The molecule has 2 aliphatic heterocycles. The van der Waals surface area contributed by atoms with Crippen LogP contribution in [0.3, 0.4) is 0 Å². The summed E-state index contributed by atoms with van der Waals surface area (Å²) in [6.07, 6.45) is 11.6. The molecule has 2 heterocycles. The van der Waals surface area contributed by atoms with Crippen molar-refractivity contribution in [1.29, 1.82) is 0 Å². The van der Waals surface area contributed by atoms with Crippen LogP contribution in [0.1, 0.15) is 189 Å². The van der Waals surface area contributed by atoms with Gasteiger partial charge in [-0.2, -0.15) is 43.7 Å². The Morgan fingerprint density at radius 1 is 0.464 bits per heavy atom. The third-order valence-corrected chi connectivity index (χ3v) is 66.5. The summed E-state index contributed by atoms with van der Waals surface area (Å²) in [7, 11) is -31.7. The van der Waals surface area contributed by atoms with Crippen LogP contribution >= 0.6 is 66.5 Å². The number of allylic oxidation sites excluding steroid dienone is 1. The first-order valence-electron chi connectivity index (χ1n) is 43.0. The van der Waals surface area contributed by atoms with Gasteiger partial charge >= 0.3 is 111 Å². The van der Waals surface area contributed by atoms with Crippen LogP contribution in [-0.4, -0.2) is 185 Å². The molecule has 0 spiro atoms. The molecule has 0 aromatic heterocycles. The standard InChI is InChI=1S/C29H60O7Si4.C12H32O4Si4.C10H20O3Si.2C7H16Cl2Si.C6H18O3Si3.C6H12.CH4Cl2Si.CHF3O3S.Pt/c1-25(2)27(30)32-20-15-17-22-37(8,9)34-39(12,13)36-40(14,24-19-29(5,6)7)35-38(10,11)23-18-16-21-33-28(31)26(3)4;1-12(2,3)10-11-20(9)15-18(5,6)13-17(4)14-19(7,8)16-20;1-9(2)10(11)13-7-5-6-8-14(3,4)12;2*1-7(2,3)5-6-10(4,8)9;1-10(2)7-11(3,4)9-12(5,6)8-10;1-5-6(2,3)4;1-4(2)3;2-1(3,4)8(5,6)7;/h1,3,15-24H2,2,4-14H3;17H,10-11H2,1-9H3;12H,1,5-8H2,2-4H3;2*5-6H2,1-4H3;1-6H3;5H,1H2,2-4H3;4H,1H3;(H,5,6,7);. The summed E-state index contributed by atoms with van der Waals surface area (Å²) in [6.45, 7) is 101. The number of esters is 3. The maximum absolute atomic E-state index is 11.6. The molecule has 2 saturated heterocycles. The summed E-state index contributed by atoms with van der Waals surface area (Å²) in [5, 5.41) is 0. The number of hydrogen-bond donors (Lipinski definition) is 2. The number of halogens is 9. The molecule has 0 aliphatic carbocycles. The summed E-state index contributed by atoms with van der Waals surface area (Å²) in [5.74, 6) is -0.981. The zero-order valence-corrected chi connectivity index (χ0v) is 109.